The molecular formula is C17H24F6O3. The first-order chi connectivity index (χ1) is 11.6. The molecule has 3 nitrogen and oxygen atoms in total. The molecule has 2 aliphatic rings. The van der Waals surface area contributed by atoms with E-state index in [-0.39, 0.29) is 11.8 Å². The van der Waals surface area contributed by atoms with Crippen LogP contribution in [0.25, 0.3) is 0 Å². The fourth-order valence-corrected chi connectivity index (χ4v) is 4.16. The van der Waals surface area contributed by atoms with Gasteiger partial charge in [-0.05, 0) is 64.2 Å². The molecule has 2 saturated carbocycles. The van der Waals surface area contributed by atoms with Crippen LogP contribution in [0.5, 0.6) is 0 Å². The molecule has 2 rings (SSSR count). The average Bonchev–Trinajstić information content (AvgIpc) is 3.00. The summed E-state index contributed by atoms with van der Waals surface area (Å²) in [4.78, 5) is 11.6. The highest BCUT2D eigenvalue weighted by Crippen LogP contribution is 2.56. The van der Waals surface area contributed by atoms with E-state index < -0.39 is 48.5 Å². The Morgan fingerprint density at radius 3 is 1.92 bits per heavy atom. The van der Waals surface area contributed by atoms with E-state index in [2.05, 4.69) is 4.74 Å². The molecule has 0 spiro atoms. The van der Waals surface area contributed by atoms with E-state index in [1.54, 1.807) is 0 Å². The van der Waals surface area contributed by atoms with Gasteiger partial charge in [-0.1, -0.05) is 6.42 Å². The summed E-state index contributed by atoms with van der Waals surface area (Å²) < 4.78 is 90.4. The smallest absolute Gasteiger partial charge is 0.426 e. The molecule has 0 saturated heterocycles. The Morgan fingerprint density at radius 2 is 1.54 bits per heavy atom. The van der Waals surface area contributed by atoms with Crippen molar-refractivity contribution in [1.82, 2.24) is 0 Å². The first-order valence-corrected chi connectivity index (χ1v) is 8.64. The van der Waals surface area contributed by atoms with Crippen LogP contribution in [-0.4, -0.2) is 36.1 Å². The summed E-state index contributed by atoms with van der Waals surface area (Å²) in [6.45, 7) is 2.97. The third kappa shape index (κ3) is 4.46. The fourth-order valence-electron chi connectivity index (χ4n) is 4.16. The summed E-state index contributed by atoms with van der Waals surface area (Å²) in [5, 5.41) is 0. The van der Waals surface area contributed by atoms with Crippen LogP contribution in [-0.2, 0) is 14.3 Å². The van der Waals surface area contributed by atoms with Crippen LogP contribution in [0.3, 0.4) is 0 Å². The highest BCUT2D eigenvalue weighted by molar-refractivity contribution is 5.71. The standard InChI is InChI=1S/C17H24F6O3/c1-14(2,3)26-13(24)9-25-15(16(18,19)20,17(21,22)23)8-12-7-10-4-5-11(12)6-10/h10-12H,4-9H2,1-3H3/t10?,11?,12-/m0/s1. The number of fused-ring (bicyclic) bond motifs is 2. The number of hydrogen-bond donors (Lipinski definition) is 0. The van der Waals surface area contributed by atoms with Gasteiger partial charge in [0.1, 0.15) is 12.2 Å². The lowest BCUT2D eigenvalue weighted by molar-refractivity contribution is -0.385. The van der Waals surface area contributed by atoms with Crippen molar-refractivity contribution in [2.45, 2.75) is 76.4 Å². The van der Waals surface area contributed by atoms with Gasteiger partial charge in [-0.15, -0.1) is 0 Å². The predicted molar refractivity (Wildman–Crippen MR) is 80.2 cm³/mol. The summed E-state index contributed by atoms with van der Waals surface area (Å²) in [7, 11) is 0. The zero-order valence-electron chi connectivity index (χ0n) is 15.0. The second kappa shape index (κ2) is 6.87. The molecule has 2 aliphatic carbocycles. The highest BCUT2D eigenvalue weighted by atomic mass is 19.4. The minimum Gasteiger partial charge on any atom is -0.458 e. The summed E-state index contributed by atoms with van der Waals surface area (Å²) in [6, 6.07) is 0. The van der Waals surface area contributed by atoms with Gasteiger partial charge in [-0.25, -0.2) is 4.79 Å². The molecule has 0 heterocycles. The van der Waals surface area contributed by atoms with Crippen molar-refractivity contribution in [2.24, 2.45) is 17.8 Å². The molecule has 0 radical (unpaired) electrons. The molecule has 0 N–H and O–H groups in total. The second-order valence-corrected chi connectivity index (χ2v) is 8.34. The van der Waals surface area contributed by atoms with Crippen molar-refractivity contribution in [3.8, 4) is 0 Å². The van der Waals surface area contributed by atoms with Crippen molar-refractivity contribution in [1.29, 1.82) is 0 Å². The Bertz CT molecular complexity index is 506. The first kappa shape index (κ1) is 21.3. The van der Waals surface area contributed by atoms with Gasteiger partial charge in [-0.2, -0.15) is 26.3 Å². The Balaban J connectivity index is 2.21. The molecule has 2 unspecified atom stereocenters. The Kier molecular flexibility index (Phi) is 5.63. The van der Waals surface area contributed by atoms with Crippen molar-refractivity contribution in [2.75, 3.05) is 6.61 Å². The number of rotatable bonds is 5. The maximum atomic E-state index is 13.6. The lowest BCUT2D eigenvalue weighted by Gasteiger charge is -2.40. The Morgan fingerprint density at radius 1 is 0.962 bits per heavy atom. The third-order valence-corrected chi connectivity index (χ3v) is 5.21. The third-order valence-electron chi connectivity index (χ3n) is 5.21. The molecule has 0 aromatic heterocycles. The lowest BCUT2D eigenvalue weighted by Crippen LogP contribution is -2.60. The SMILES string of the molecule is CC(C)(C)OC(=O)COC(C[C@@H]1CC2CCC1C2)(C(F)(F)F)C(F)(F)F. The van der Waals surface area contributed by atoms with Gasteiger partial charge < -0.3 is 9.47 Å². The molecule has 0 amide bonds. The lowest BCUT2D eigenvalue weighted by atomic mass is 9.79. The van der Waals surface area contributed by atoms with E-state index in [9.17, 15) is 31.1 Å². The topological polar surface area (TPSA) is 35.5 Å². The number of hydrogen-bond acceptors (Lipinski definition) is 3. The molecule has 2 bridgehead atoms. The van der Waals surface area contributed by atoms with E-state index in [0.717, 1.165) is 6.42 Å². The van der Waals surface area contributed by atoms with Crippen molar-refractivity contribution in [3.63, 3.8) is 0 Å². The van der Waals surface area contributed by atoms with Crippen LogP contribution in [0, 0.1) is 17.8 Å². The maximum Gasteiger partial charge on any atom is 0.426 e. The van der Waals surface area contributed by atoms with Gasteiger partial charge in [0, 0.05) is 0 Å². The van der Waals surface area contributed by atoms with Crippen molar-refractivity contribution >= 4 is 5.97 Å². The maximum absolute atomic E-state index is 13.6. The molecule has 152 valence electrons. The molecule has 9 heteroatoms. The van der Waals surface area contributed by atoms with Gasteiger partial charge in [0.2, 0.25) is 0 Å². The van der Waals surface area contributed by atoms with E-state index in [1.807, 2.05) is 0 Å². The Labute approximate surface area is 148 Å². The van der Waals surface area contributed by atoms with Crippen LogP contribution in [0.1, 0.15) is 52.9 Å². The van der Waals surface area contributed by atoms with Gasteiger partial charge in [0.25, 0.3) is 5.60 Å². The minimum absolute atomic E-state index is 0.144. The summed E-state index contributed by atoms with van der Waals surface area (Å²) >= 11 is 0. The van der Waals surface area contributed by atoms with Gasteiger partial charge in [0.15, 0.2) is 0 Å². The highest BCUT2D eigenvalue weighted by Gasteiger charge is 2.73. The van der Waals surface area contributed by atoms with Crippen LogP contribution in [0.4, 0.5) is 26.3 Å². The largest absolute Gasteiger partial charge is 0.458 e. The average molecular weight is 390 g/mol. The van der Waals surface area contributed by atoms with Gasteiger partial charge in [-0.3, -0.25) is 0 Å². The summed E-state index contributed by atoms with van der Waals surface area (Å²) in [5.74, 6) is -1.93. The molecule has 26 heavy (non-hydrogen) atoms. The zero-order chi connectivity index (χ0) is 20.0. The van der Waals surface area contributed by atoms with E-state index in [4.69, 9.17) is 4.74 Å². The zero-order valence-corrected chi connectivity index (χ0v) is 15.0. The van der Waals surface area contributed by atoms with Crippen molar-refractivity contribution in [3.05, 3.63) is 0 Å². The van der Waals surface area contributed by atoms with E-state index >= 15 is 0 Å². The van der Waals surface area contributed by atoms with Gasteiger partial charge in [0.05, 0.1) is 0 Å². The normalized spacial score (nSPS) is 27.0. The number of ether oxygens (including phenoxy) is 2. The van der Waals surface area contributed by atoms with Crippen LogP contribution in [0.2, 0.25) is 0 Å². The number of carbonyl (C=O) groups excluding carboxylic acids is 1. The number of esters is 1. The Hall–Kier alpha value is -0.990. The monoisotopic (exact) mass is 390 g/mol. The molecule has 0 aliphatic heterocycles. The van der Waals surface area contributed by atoms with E-state index in [1.165, 1.54) is 20.8 Å². The summed E-state index contributed by atoms with van der Waals surface area (Å²) in [6.07, 6.45) is -10.1. The number of carbonyl (C=O) groups is 1. The minimum atomic E-state index is -5.69. The number of alkyl halides is 6. The van der Waals surface area contributed by atoms with E-state index in [0.29, 0.717) is 19.3 Å². The van der Waals surface area contributed by atoms with Crippen LogP contribution >= 0.6 is 0 Å². The number of halogens is 6. The quantitative estimate of drug-likeness (QED) is 0.488. The van der Waals surface area contributed by atoms with Gasteiger partial charge >= 0.3 is 18.3 Å². The predicted octanol–water partition coefficient (Wildman–Crippen LogP) is 5.03. The summed E-state index contributed by atoms with van der Waals surface area (Å²) in [5.41, 5.74) is -5.39. The molecule has 3 atom stereocenters. The first-order valence-electron chi connectivity index (χ1n) is 8.64. The second-order valence-electron chi connectivity index (χ2n) is 8.34. The molecule has 0 aromatic carbocycles. The molecule has 2 fully saturated rings. The molecular weight excluding hydrogens is 366 g/mol. The fraction of sp³-hybridized carbons (Fsp3) is 0.941. The van der Waals surface area contributed by atoms with Crippen LogP contribution < -0.4 is 0 Å². The van der Waals surface area contributed by atoms with Crippen molar-refractivity contribution < 1.29 is 40.6 Å². The van der Waals surface area contributed by atoms with Crippen LogP contribution in [0.15, 0.2) is 0 Å². The molecule has 0 aromatic rings.